The van der Waals surface area contributed by atoms with Crippen LogP contribution in [0, 0.1) is 0 Å². The van der Waals surface area contributed by atoms with Crippen molar-refractivity contribution in [2.45, 2.75) is 52.7 Å². The molecule has 2 amide bonds. The normalized spacial score (nSPS) is 11.7. The second-order valence-corrected chi connectivity index (χ2v) is 8.97. The molecule has 0 bridgehead atoms. The summed E-state index contributed by atoms with van der Waals surface area (Å²) in [5.41, 5.74) is -0.167. The molecular weight excluding hydrogens is 412 g/mol. The molecule has 3 aromatic rings. The highest BCUT2D eigenvalue weighted by Gasteiger charge is 2.36. The van der Waals surface area contributed by atoms with Crippen LogP contribution in [0.1, 0.15) is 41.5 Å². The summed E-state index contributed by atoms with van der Waals surface area (Å²) in [5.74, 6) is 0.135. The van der Waals surface area contributed by atoms with E-state index in [9.17, 15) is 9.59 Å². The van der Waals surface area contributed by atoms with Gasteiger partial charge in [0.15, 0.2) is 17.3 Å². The number of hydrogen-bond donors (Lipinski definition) is 0. The van der Waals surface area contributed by atoms with E-state index in [4.69, 9.17) is 14.0 Å². The summed E-state index contributed by atoms with van der Waals surface area (Å²) in [6.07, 6.45) is 0.883. The van der Waals surface area contributed by atoms with Crippen LogP contribution in [0.2, 0.25) is 0 Å². The Bertz CT molecular complexity index is 1070. The van der Waals surface area contributed by atoms with Gasteiger partial charge in [0.2, 0.25) is 0 Å². The van der Waals surface area contributed by atoms with Gasteiger partial charge >= 0.3 is 12.2 Å². The number of rotatable bonds is 3. The molecule has 2 aromatic heterocycles. The molecule has 3 rings (SSSR count). The Morgan fingerprint density at radius 1 is 0.875 bits per heavy atom. The van der Waals surface area contributed by atoms with Crippen molar-refractivity contribution in [2.75, 3.05) is 4.90 Å². The highest BCUT2D eigenvalue weighted by atomic mass is 16.6. The molecule has 32 heavy (non-hydrogen) atoms. The van der Waals surface area contributed by atoms with Crippen LogP contribution in [-0.2, 0) is 9.47 Å². The van der Waals surface area contributed by atoms with E-state index < -0.39 is 23.4 Å². The Labute approximate surface area is 186 Å². The first kappa shape index (κ1) is 22.9. The minimum absolute atomic E-state index is 0.0910. The molecule has 0 aliphatic rings. The minimum Gasteiger partial charge on any atom is -0.443 e. The van der Waals surface area contributed by atoms with Crippen molar-refractivity contribution >= 4 is 18.0 Å². The fraction of sp³-hybridized carbons (Fsp3) is 0.348. The van der Waals surface area contributed by atoms with Crippen LogP contribution < -0.4 is 4.90 Å². The number of benzene rings is 1. The molecule has 168 valence electrons. The summed E-state index contributed by atoms with van der Waals surface area (Å²) in [4.78, 5) is 35.2. The summed E-state index contributed by atoms with van der Waals surface area (Å²) < 4.78 is 16.3. The molecule has 0 unspecified atom stereocenters. The van der Waals surface area contributed by atoms with Gasteiger partial charge in [-0.15, -0.1) is 0 Å². The third kappa shape index (κ3) is 5.69. The van der Waals surface area contributed by atoms with Crippen molar-refractivity contribution < 1.29 is 23.6 Å². The smallest absolute Gasteiger partial charge is 0.425 e. The lowest BCUT2D eigenvalue weighted by molar-refractivity contribution is 0.0429. The molecular formula is C23H26N4O5. The van der Waals surface area contributed by atoms with Gasteiger partial charge in [0.25, 0.3) is 0 Å². The Hall–Kier alpha value is -3.75. The minimum atomic E-state index is -0.948. The zero-order valence-corrected chi connectivity index (χ0v) is 18.9. The molecule has 9 heteroatoms. The van der Waals surface area contributed by atoms with E-state index in [1.807, 2.05) is 30.3 Å². The Morgan fingerprint density at radius 2 is 1.44 bits per heavy atom. The maximum absolute atomic E-state index is 13.0. The number of carbonyl (C=O) groups is 2. The van der Waals surface area contributed by atoms with Gasteiger partial charge < -0.3 is 14.0 Å². The van der Waals surface area contributed by atoms with Gasteiger partial charge in [-0.05, 0) is 41.5 Å². The number of nitrogens with zero attached hydrogens (tertiary/aromatic N) is 4. The standard InChI is InChI=1S/C23H26N4O5/c1-22(2,3)30-20(28)27(21(29)31-23(4,5)6)19-18(24-12-13-25-19)17-14-16(26-32-17)15-10-8-7-9-11-15/h7-14H,1-6H3. The van der Waals surface area contributed by atoms with E-state index in [1.165, 1.54) is 12.4 Å². The first-order chi connectivity index (χ1) is 14.9. The first-order valence-electron chi connectivity index (χ1n) is 10.0. The topological polar surface area (TPSA) is 108 Å². The lowest BCUT2D eigenvalue weighted by Gasteiger charge is -2.28. The average molecular weight is 438 g/mol. The predicted octanol–water partition coefficient (Wildman–Crippen LogP) is 5.48. The number of carbonyl (C=O) groups excluding carboxylic acids is 2. The van der Waals surface area contributed by atoms with E-state index >= 15 is 0 Å². The molecule has 9 nitrogen and oxygen atoms in total. The van der Waals surface area contributed by atoms with Crippen molar-refractivity contribution in [3.8, 4) is 22.7 Å². The van der Waals surface area contributed by atoms with Crippen LogP contribution in [0.15, 0.2) is 53.3 Å². The number of amides is 2. The second-order valence-electron chi connectivity index (χ2n) is 8.97. The fourth-order valence-electron chi connectivity index (χ4n) is 2.66. The lowest BCUT2D eigenvalue weighted by atomic mass is 10.1. The number of aromatic nitrogens is 3. The zero-order valence-electron chi connectivity index (χ0n) is 18.9. The van der Waals surface area contributed by atoms with Crippen molar-refractivity contribution in [1.29, 1.82) is 0 Å². The van der Waals surface area contributed by atoms with Gasteiger partial charge in [-0.25, -0.2) is 19.6 Å². The molecule has 0 atom stereocenters. The number of hydrogen-bond acceptors (Lipinski definition) is 8. The number of anilines is 1. The number of ether oxygens (including phenoxy) is 2. The third-order valence-corrected chi connectivity index (χ3v) is 3.86. The molecule has 0 aliphatic heterocycles. The highest BCUT2D eigenvalue weighted by Crippen LogP contribution is 2.31. The van der Waals surface area contributed by atoms with Gasteiger partial charge in [0.05, 0.1) is 0 Å². The van der Waals surface area contributed by atoms with Crippen LogP contribution in [0.5, 0.6) is 0 Å². The number of imide groups is 1. The van der Waals surface area contributed by atoms with Crippen LogP contribution in [0.25, 0.3) is 22.7 Å². The molecule has 0 saturated carbocycles. The van der Waals surface area contributed by atoms with E-state index in [0.29, 0.717) is 10.6 Å². The Balaban J connectivity index is 2.06. The molecule has 2 heterocycles. The van der Waals surface area contributed by atoms with E-state index in [0.717, 1.165) is 5.56 Å². The van der Waals surface area contributed by atoms with Crippen LogP contribution in [-0.4, -0.2) is 38.5 Å². The largest absolute Gasteiger partial charge is 0.443 e. The Morgan fingerprint density at radius 3 is 2.00 bits per heavy atom. The second kappa shape index (κ2) is 8.78. The van der Waals surface area contributed by atoms with Gasteiger partial charge in [-0.3, -0.25) is 0 Å². The molecule has 0 fully saturated rings. The van der Waals surface area contributed by atoms with Gasteiger partial charge in [-0.2, -0.15) is 4.90 Å². The average Bonchev–Trinajstić information content (AvgIpc) is 3.16. The van der Waals surface area contributed by atoms with Crippen molar-refractivity contribution in [1.82, 2.24) is 15.1 Å². The van der Waals surface area contributed by atoms with Crippen molar-refractivity contribution in [3.63, 3.8) is 0 Å². The highest BCUT2D eigenvalue weighted by molar-refractivity contribution is 6.10. The van der Waals surface area contributed by atoms with E-state index in [-0.39, 0.29) is 17.3 Å². The van der Waals surface area contributed by atoms with Gasteiger partial charge in [0, 0.05) is 24.0 Å². The maximum atomic E-state index is 13.0. The van der Waals surface area contributed by atoms with Crippen LogP contribution in [0.3, 0.4) is 0 Å². The van der Waals surface area contributed by atoms with Crippen LogP contribution >= 0.6 is 0 Å². The summed E-state index contributed by atoms with van der Waals surface area (Å²) in [6, 6.07) is 11.1. The Kier molecular flexibility index (Phi) is 6.29. The lowest BCUT2D eigenvalue weighted by Crippen LogP contribution is -2.44. The summed E-state index contributed by atoms with van der Waals surface area (Å²) >= 11 is 0. The summed E-state index contributed by atoms with van der Waals surface area (Å²) in [5, 5.41) is 4.08. The molecule has 0 N–H and O–H groups in total. The monoisotopic (exact) mass is 438 g/mol. The van der Waals surface area contributed by atoms with Crippen molar-refractivity contribution in [2.24, 2.45) is 0 Å². The maximum Gasteiger partial charge on any atom is 0.425 e. The van der Waals surface area contributed by atoms with E-state index in [1.54, 1.807) is 47.6 Å². The zero-order chi connectivity index (χ0) is 23.5. The van der Waals surface area contributed by atoms with Crippen molar-refractivity contribution in [3.05, 3.63) is 48.8 Å². The fourth-order valence-corrected chi connectivity index (χ4v) is 2.66. The predicted molar refractivity (Wildman–Crippen MR) is 118 cm³/mol. The summed E-state index contributed by atoms with van der Waals surface area (Å²) in [6.45, 7) is 10.2. The quantitative estimate of drug-likeness (QED) is 0.529. The van der Waals surface area contributed by atoms with Crippen LogP contribution in [0.4, 0.5) is 15.4 Å². The van der Waals surface area contributed by atoms with Gasteiger partial charge in [0.1, 0.15) is 16.9 Å². The molecule has 0 saturated heterocycles. The first-order valence-corrected chi connectivity index (χ1v) is 10.0. The molecule has 0 aliphatic carbocycles. The molecule has 0 radical (unpaired) electrons. The summed E-state index contributed by atoms with van der Waals surface area (Å²) in [7, 11) is 0. The SMILES string of the molecule is CC(C)(C)OC(=O)N(C(=O)OC(C)(C)C)c1nccnc1-c1cc(-c2ccccc2)no1. The van der Waals surface area contributed by atoms with E-state index in [2.05, 4.69) is 15.1 Å². The molecule has 0 spiro atoms. The third-order valence-electron chi connectivity index (χ3n) is 3.86. The van der Waals surface area contributed by atoms with Gasteiger partial charge in [-0.1, -0.05) is 35.5 Å². The molecule has 1 aromatic carbocycles.